The zero-order chi connectivity index (χ0) is 15.6. The van der Waals surface area contributed by atoms with E-state index in [9.17, 15) is 4.79 Å². The maximum Gasteiger partial charge on any atom is 0.260 e. The van der Waals surface area contributed by atoms with E-state index >= 15 is 0 Å². The van der Waals surface area contributed by atoms with Crippen LogP contribution in [0, 0.1) is 0 Å². The van der Waals surface area contributed by atoms with Crippen LogP contribution >= 0.6 is 0 Å². The Kier molecular flexibility index (Phi) is 3.50. The number of carbonyl (C=O) groups is 1. The minimum Gasteiger partial charge on any atom is -0.484 e. The van der Waals surface area contributed by atoms with Gasteiger partial charge in [0.2, 0.25) is 0 Å². The first kappa shape index (κ1) is 13.9. The molecule has 0 saturated carbocycles. The number of nitrogens with zero attached hydrogens (tertiary/aromatic N) is 2. The van der Waals surface area contributed by atoms with E-state index in [1.165, 1.54) is 16.6 Å². The van der Waals surface area contributed by atoms with Crippen molar-refractivity contribution in [1.29, 1.82) is 0 Å². The molecule has 23 heavy (non-hydrogen) atoms. The van der Waals surface area contributed by atoms with Gasteiger partial charge in [-0.1, -0.05) is 36.4 Å². The highest BCUT2D eigenvalue weighted by atomic mass is 16.5. The minimum atomic E-state index is 0.0327. The molecular weight excluding hydrogens is 288 g/mol. The summed E-state index contributed by atoms with van der Waals surface area (Å²) in [6.45, 7) is 2.29. The Morgan fingerprint density at radius 2 is 1.78 bits per heavy atom. The molecule has 1 aliphatic rings. The molecule has 0 radical (unpaired) electrons. The first-order chi connectivity index (χ1) is 11.3. The van der Waals surface area contributed by atoms with Crippen molar-refractivity contribution in [2.24, 2.45) is 0 Å². The lowest BCUT2D eigenvalue weighted by Crippen LogP contribution is -2.40. The molecule has 0 unspecified atom stereocenters. The van der Waals surface area contributed by atoms with E-state index in [0.29, 0.717) is 6.54 Å². The largest absolute Gasteiger partial charge is 0.484 e. The third-order valence-electron chi connectivity index (χ3n) is 4.30. The Hall–Kier alpha value is -2.75. The molecule has 4 heteroatoms. The van der Waals surface area contributed by atoms with Gasteiger partial charge in [-0.05, 0) is 29.7 Å². The van der Waals surface area contributed by atoms with Crippen molar-refractivity contribution >= 4 is 16.8 Å². The van der Waals surface area contributed by atoms with E-state index in [2.05, 4.69) is 28.8 Å². The molecule has 0 aliphatic carbocycles. The van der Waals surface area contributed by atoms with Gasteiger partial charge in [0.15, 0.2) is 6.61 Å². The van der Waals surface area contributed by atoms with Gasteiger partial charge in [0, 0.05) is 24.3 Å². The fourth-order valence-corrected chi connectivity index (χ4v) is 3.12. The molecule has 0 fully saturated rings. The van der Waals surface area contributed by atoms with E-state index < -0.39 is 0 Å². The fraction of sp³-hybridized carbons (Fsp3) is 0.211. The lowest BCUT2D eigenvalue weighted by molar-refractivity contribution is -0.134. The summed E-state index contributed by atoms with van der Waals surface area (Å²) in [5.74, 6) is 0.761. The highest BCUT2D eigenvalue weighted by Crippen LogP contribution is 2.24. The normalized spacial score (nSPS) is 13.8. The van der Waals surface area contributed by atoms with Crippen molar-refractivity contribution < 1.29 is 9.53 Å². The molecule has 0 saturated heterocycles. The van der Waals surface area contributed by atoms with Crippen LogP contribution in [-0.4, -0.2) is 28.5 Å². The Labute approximate surface area is 134 Å². The van der Waals surface area contributed by atoms with Crippen LogP contribution < -0.4 is 4.74 Å². The van der Waals surface area contributed by atoms with Gasteiger partial charge in [-0.25, -0.2) is 0 Å². The van der Waals surface area contributed by atoms with Crippen LogP contribution in [0.3, 0.4) is 0 Å². The Morgan fingerprint density at radius 1 is 1.00 bits per heavy atom. The van der Waals surface area contributed by atoms with E-state index in [1.807, 2.05) is 41.3 Å². The molecule has 4 nitrogen and oxygen atoms in total. The van der Waals surface area contributed by atoms with Gasteiger partial charge in [0.1, 0.15) is 5.75 Å². The number of aromatic nitrogens is 1. The van der Waals surface area contributed by atoms with Crippen molar-refractivity contribution in [1.82, 2.24) is 9.47 Å². The number of fused-ring (bicyclic) bond motifs is 3. The van der Waals surface area contributed by atoms with Crippen molar-refractivity contribution in [3.63, 3.8) is 0 Å². The SMILES string of the molecule is O=C(COc1ccccc1)N1CCn2c(cc3ccccc32)C1. The minimum absolute atomic E-state index is 0.0327. The molecule has 0 bridgehead atoms. The summed E-state index contributed by atoms with van der Waals surface area (Å²) in [5, 5.41) is 1.23. The average Bonchev–Trinajstić information content (AvgIpc) is 2.98. The lowest BCUT2D eigenvalue weighted by atomic mass is 10.2. The molecular formula is C19H18N2O2. The molecule has 3 aromatic rings. The molecule has 1 aromatic heterocycles. The van der Waals surface area contributed by atoms with Crippen LogP contribution in [0.5, 0.6) is 5.75 Å². The van der Waals surface area contributed by atoms with Crippen LogP contribution in [0.2, 0.25) is 0 Å². The Morgan fingerprint density at radius 3 is 2.65 bits per heavy atom. The fourth-order valence-electron chi connectivity index (χ4n) is 3.12. The first-order valence-corrected chi connectivity index (χ1v) is 7.84. The number of benzene rings is 2. The lowest BCUT2D eigenvalue weighted by Gasteiger charge is -2.29. The number of hydrogen-bond donors (Lipinski definition) is 0. The number of para-hydroxylation sites is 2. The zero-order valence-corrected chi connectivity index (χ0v) is 12.8. The summed E-state index contributed by atoms with van der Waals surface area (Å²) in [4.78, 5) is 14.3. The van der Waals surface area contributed by atoms with Gasteiger partial charge in [0.25, 0.3) is 5.91 Å². The Bertz CT molecular complexity index is 839. The average molecular weight is 306 g/mol. The molecule has 1 aliphatic heterocycles. The molecule has 2 aromatic carbocycles. The van der Waals surface area contributed by atoms with Crippen LogP contribution in [0.4, 0.5) is 0 Å². The summed E-state index contributed by atoms with van der Waals surface area (Å²) in [5.41, 5.74) is 2.43. The smallest absolute Gasteiger partial charge is 0.260 e. The summed E-state index contributed by atoms with van der Waals surface area (Å²) < 4.78 is 7.87. The quantitative estimate of drug-likeness (QED) is 0.745. The van der Waals surface area contributed by atoms with E-state index in [-0.39, 0.29) is 12.5 Å². The van der Waals surface area contributed by atoms with Crippen LogP contribution in [0.25, 0.3) is 10.9 Å². The first-order valence-electron chi connectivity index (χ1n) is 7.84. The van der Waals surface area contributed by atoms with Crippen LogP contribution in [-0.2, 0) is 17.9 Å². The second-order valence-corrected chi connectivity index (χ2v) is 5.76. The van der Waals surface area contributed by atoms with Crippen molar-refractivity contribution in [3.8, 4) is 5.75 Å². The Balaban J connectivity index is 1.46. The molecule has 4 rings (SSSR count). The summed E-state index contributed by atoms with van der Waals surface area (Å²) in [7, 11) is 0. The molecule has 116 valence electrons. The zero-order valence-electron chi connectivity index (χ0n) is 12.8. The monoisotopic (exact) mass is 306 g/mol. The molecule has 0 atom stereocenters. The van der Waals surface area contributed by atoms with Gasteiger partial charge < -0.3 is 14.2 Å². The van der Waals surface area contributed by atoms with E-state index in [0.717, 1.165) is 18.8 Å². The van der Waals surface area contributed by atoms with E-state index in [1.54, 1.807) is 0 Å². The summed E-state index contributed by atoms with van der Waals surface area (Å²) in [6, 6.07) is 20.0. The molecule has 0 spiro atoms. The van der Waals surface area contributed by atoms with Gasteiger partial charge >= 0.3 is 0 Å². The highest BCUT2D eigenvalue weighted by Gasteiger charge is 2.22. The van der Waals surface area contributed by atoms with Crippen LogP contribution in [0.15, 0.2) is 60.7 Å². The summed E-state index contributed by atoms with van der Waals surface area (Å²) in [6.07, 6.45) is 0. The number of amides is 1. The van der Waals surface area contributed by atoms with Crippen molar-refractivity contribution in [2.45, 2.75) is 13.1 Å². The van der Waals surface area contributed by atoms with Gasteiger partial charge in [-0.15, -0.1) is 0 Å². The topological polar surface area (TPSA) is 34.5 Å². The summed E-state index contributed by atoms with van der Waals surface area (Å²) >= 11 is 0. The van der Waals surface area contributed by atoms with Gasteiger partial charge in [-0.2, -0.15) is 0 Å². The van der Waals surface area contributed by atoms with E-state index in [4.69, 9.17) is 4.74 Å². The molecule has 1 amide bonds. The molecule has 0 N–H and O–H groups in total. The highest BCUT2D eigenvalue weighted by molar-refractivity contribution is 5.82. The van der Waals surface area contributed by atoms with Crippen molar-refractivity contribution in [2.75, 3.05) is 13.2 Å². The van der Waals surface area contributed by atoms with Crippen LogP contribution in [0.1, 0.15) is 5.69 Å². The second-order valence-electron chi connectivity index (χ2n) is 5.76. The number of rotatable bonds is 3. The van der Waals surface area contributed by atoms with Gasteiger partial charge in [0.05, 0.1) is 6.54 Å². The number of carbonyl (C=O) groups excluding carboxylic acids is 1. The predicted octanol–water partition coefficient (Wildman–Crippen LogP) is 3.06. The molecule has 2 heterocycles. The van der Waals surface area contributed by atoms with Gasteiger partial charge in [-0.3, -0.25) is 4.79 Å². The number of ether oxygens (including phenoxy) is 1. The maximum atomic E-state index is 12.4. The standard InChI is InChI=1S/C19H18N2O2/c22-19(14-23-17-7-2-1-3-8-17)20-10-11-21-16(13-20)12-15-6-4-5-9-18(15)21/h1-9,12H,10-11,13-14H2. The predicted molar refractivity (Wildman–Crippen MR) is 89.3 cm³/mol. The third kappa shape index (κ3) is 2.68. The maximum absolute atomic E-state index is 12.4. The second kappa shape index (κ2) is 5.80. The third-order valence-corrected chi connectivity index (χ3v) is 4.30. The number of hydrogen-bond acceptors (Lipinski definition) is 2. The van der Waals surface area contributed by atoms with Crippen molar-refractivity contribution in [3.05, 3.63) is 66.4 Å².